The number of aliphatic imine (C=N–C) groups is 1. The van der Waals surface area contributed by atoms with E-state index in [-0.39, 0.29) is 12.5 Å². The van der Waals surface area contributed by atoms with Crippen molar-refractivity contribution in [2.24, 2.45) is 4.99 Å². The van der Waals surface area contributed by atoms with Crippen molar-refractivity contribution in [3.8, 4) is 0 Å². The van der Waals surface area contributed by atoms with Gasteiger partial charge in [-0.3, -0.25) is 9.78 Å². The van der Waals surface area contributed by atoms with Crippen LogP contribution in [0, 0.1) is 6.92 Å². The minimum atomic E-state index is -0.0186. The van der Waals surface area contributed by atoms with Crippen LogP contribution in [0.1, 0.15) is 18.2 Å². The first-order chi connectivity index (χ1) is 10.0. The van der Waals surface area contributed by atoms with Gasteiger partial charge >= 0.3 is 0 Å². The Morgan fingerprint density at radius 3 is 2.67 bits per heavy atom. The molecule has 0 spiro atoms. The summed E-state index contributed by atoms with van der Waals surface area (Å²) in [7, 11) is 3.45. The first kappa shape index (κ1) is 16.9. The summed E-state index contributed by atoms with van der Waals surface area (Å²) in [5, 5.41) is 6.34. The maximum absolute atomic E-state index is 11.5. The maximum Gasteiger partial charge on any atom is 0.243 e. The second-order valence-corrected chi connectivity index (χ2v) is 4.97. The lowest BCUT2D eigenvalue weighted by molar-refractivity contribution is -0.127. The lowest BCUT2D eigenvalue weighted by Crippen LogP contribution is -2.39. The molecule has 1 aromatic rings. The first-order valence-corrected chi connectivity index (χ1v) is 7.16. The molecule has 1 aromatic heterocycles. The minimum absolute atomic E-state index is 0.0186. The zero-order valence-electron chi connectivity index (χ0n) is 13.3. The number of hydrogen-bond donors (Lipinski definition) is 2. The number of carbonyl (C=O) groups is 1. The highest BCUT2D eigenvalue weighted by molar-refractivity contribution is 5.84. The van der Waals surface area contributed by atoms with Crippen LogP contribution in [0.5, 0.6) is 0 Å². The molecule has 0 aliphatic carbocycles. The van der Waals surface area contributed by atoms with E-state index in [1.165, 1.54) is 10.5 Å². The Morgan fingerprint density at radius 1 is 1.33 bits per heavy atom. The molecule has 0 unspecified atom stereocenters. The van der Waals surface area contributed by atoms with Crippen LogP contribution in [0.15, 0.2) is 23.3 Å². The predicted molar refractivity (Wildman–Crippen MR) is 85.4 cm³/mol. The number of likely N-dealkylation sites (N-methyl/N-ethyl adjacent to an activating group) is 1. The third-order valence-electron chi connectivity index (χ3n) is 2.89. The van der Waals surface area contributed by atoms with Crippen molar-refractivity contribution < 1.29 is 4.79 Å². The number of amides is 1. The molecular weight excluding hydrogens is 266 g/mol. The SMILES string of the molecule is CCNC(=NCC(=O)N(C)C)NCCc1ccc(C)nc1. The van der Waals surface area contributed by atoms with Crippen molar-refractivity contribution in [1.29, 1.82) is 0 Å². The second-order valence-electron chi connectivity index (χ2n) is 4.97. The van der Waals surface area contributed by atoms with Gasteiger partial charge in [-0.2, -0.15) is 0 Å². The average Bonchev–Trinajstić information content (AvgIpc) is 2.46. The molecule has 0 aromatic carbocycles. The summed E-state index contributed by atoms with van der Waals surface area (Å²) in [4.78, 5) is 21.6. The Balaban J connectivity index is 2.45. The van der Waals surface area contributed by atoms with Gasteiger partial charge in [0.2, 0.25) is 5.91 Å². The van der Waals surface area contributed by atoms with Crippen molar-refractivity contribution in [1.82, 2.24) is 20.5 Å². The first-order valence-electron chi connectivity index (χ1n) is 7.16. The van der Waals surface area contributed by atoms with Crippen LogP contribution in [-0.4, -0.2) is 55.5 Å². The zero-order chi connectivity index (χ0) is 15.7. The summed E-state index contributed by atoms with van der Waals surface area (Å²) in [5.74, 6) is 0.641. The third kappa shape index (κ3) is 6.74. The number of nitrogens with one attached hydrogen (secondary N) is 2. The lowest BCUT2D eigenvalue weighted by Gasteiger charge is -2.12. The van der Waals surface area contributed by atoms with Gasteiger partial charge in [0.1, 0.15) is 6.54 Å². The Hall–Kier alpha value is -2.11. The number of aryl methyl sites for hydroxylation is 1. The molecule has 0 atom stereocenters. The molecule has 2 N–H and O–H groups in total. The molecule has 6 heteroatoms. The number of nitrogens with zero attached hydrogens (tertiary/aromatic N) is 3. The topological polar surface area (TPSA) is 69.6 Å². The molecule has 0 saturated heterocycles. The summed E-state index contributed by atoms with van der Waals surface area (Å²) in [6, 6.07) is 4.08. The summed E-state index contributed by atoms with van der Waals surface area (Å²) in [5.41, 5.74) is 2.19. The Bertz CT molecular complexity index is 467. The Kier molecular flexibility index (Phi) is 7.21. The predicted octanol–water partition coefficient (Wildman–Crippen LogP) is 0.576. The monoisotopic (exact) mass is 291 g/mol. The smallest absolute Gasteiger partial charge is 0.243 e. The van der Waals surface area contributed by atoms with Gasteiger partial charge in [0.25, 0.3) is 0 Å². The molecule has 0 radical (unpaired) electrons. The van der Waals surface area contributed by atoms with Gasteiger partial charge in [-0.05, 0) is 31.9 Å². The zero-order valence-corrected chi connectivity index (χ0v) is 13.3. The molecule has 1 heterocycles. The van der Waals surface area contributed by atoms with Crippen molar-refractivity contribution in [2.75, 3.05) is 33.7 Å². The summed E-state index contributed by atoms with van der Waals surface area (Å²) in [6.07, 6.45) is 2.75. The normalized spacial score (nSPS) is 11.1. The van der Waals surface area contributed by atoms with E-state index in [1.54, 1.807) is 14.1 Å². The third-order valence-corrected chi connectivity index (χ3v) is 2.89. The summed E-state index contributed by atoms with van der Waals surface area (Å²) < 4.78 is 0. The molecule has 0 saturated carbocycles. The van der Waals surface area contributed by atoms with Gasteiger partial charge in [0.15, 0.2) is 5.96 Å². The van der Waals surface area contributed by atoms with Gasteiger partial charge in [0.05, 0.1) is 0 Å². The minimum Gasteiger partial charge on any atom is -0.357 e. The van der Waals surface area contributed by atoms with Crippen molar-refractivity contribution in [3.05, 3.63) is 29.6 Å². The highest BCUT2D eigenvalue weighted by Crippen LogP contribution is 1.99. The second kappa shape index (κ2) is 8.94. The average molecular weight is 291 g/mol. The highest BCUT2D eigenvalue weighted by Gasteiger charge is 2.03. The lowest BCUT2D eigenvalue weighted by atomic mass is 10.2. The van der Waals surface area contributed by atoms with Crippen LogP contribution in [0.4, 0.5) is 0 Å². The van der Waals surface area contributed by atoms with E-state index in [0.717, 1.165) is 25.2 Å². The molecule has 0 aliphatic heterocycles. The molecule has 21 heavy (non-hydrogen) atoms. The molecule has 0 fully saturated rings. The summed E-state index contributed by atoms with van der Waals surface area (Å²) in [6.45, 7) is 5.61. The van der Waals surface area contributed by atoms with E-state index < -0.39 is 0 Å². The van der Waals surface area contributed by atoms with Crippen LogP contribution in [-0.2, 0) is 11.2 Å². The van der Waals surface area contributed by atoms with Crippen molar-refractivity contribution in [2.45, 2.75) is 20.3 Å². The van der Waals surface area contributed by atoms with Crippen molar-refractivity contribution >= 4 is 11.9 Å². The number of aromatic nitrogens is 1. The number of hydrogen-bond acceptors (Lipinski definition) is 3. The van der Waals surface area contributed by atoms with Crippen LogP contribution in [0.3, 0.4) is 0 Å². The van der Waals surface area contributed by atoms with Crippen LogP contribution < -0.4 is 10.6 Å². The van der Waals surface area contributed by atoms with E-state index in [9.17, 15) is 4.79 Å². The molecule has 1 amide bonds. The number of rotatable bonds is 6. The van der Waals surface area contributed by atoms with E-state index in [1.807, 2.05) is 26.1 Å². The molecule has 0 bridgehead atoms. The molecular formula is C15H25N5O. The quantitative estimate of drug-likeness (QED) is 0.594. The number of pyridine rings is 1. The number of carbonyl (C=O) groups excluding carboxylic acids is 1. The van der Waals surface area contributed by atoms with Crippen molar-refractivity contribution in [3.63, 3.8) is 0 Å². The fraction of sp³-hybridized carbons (Fsp3) is 0.533. The fourth-order valence-electron chi connectivity index (χ4n) is 1.60. The van der Waals surface area contributed by atoms with Gasteiger partial charge in [0, 0.05) is 39.1 Å². The van der Waals surface area contributed by atoms with Crippen LogP contribution >= 0.6 is 0 Å². The van der Waals surface area contributed by atoms with E-state index in [4.69, 9.17) is 0 Å². The molecule has 116 valence electrons. The van der Waals surface area contributed by atoms with Crippen LogP contribution in [0.2, 0.25) is 0 Å². The molecule has 6 nitrogen and oxygen atoms in total. The van der Waals surface area contributed by atoms with Gasteiger partial charge in [-0.15, -0.1) is 0 Å². The van der Waals surface area contributed by atoms with E-state index in [2.05, 4.69) is 26.7 Å². The Labute approximate surface area is 126 Å². The number of guanidine groups is 1. The van der Waals surface area contributed by atoms with Gasteiger partial charge in [-0.25, -0.2) is 4.99 Å². The standard InChI is InChI=1S/C15H25N5O/c1-5-16-15(19-11-14(21)20(3)4)17-9-8-13-7-6-12(2)18-10-13/h6-7,10H,5,8-9,11H2,1-4H3,(H2,16,17,19). The maximum atomic E-state index is 11.5. The van der Waals surface area contributed by atoms with Gasteiger partial charge < -0.3 is 15.5 Å². The largest absolute Gasteiger partial charge is 0.357 e. The summed E-state index contributed by atoms with van der Waals surface area (Å²) >= 11 is 0. The van der Waals surface area contributed by atoms with Crippen LogP contribution in [0.25, 0.3) is 0 Å². The molecule has 1 rings (SSSR count). The van der Waals surface area contributed by atoms with E-state index in [0.29, 0.717) is 5.96 Å². The molecule has 0 aliphatic rings. The highest BCUT2D eigenvalue weighted by atomic mass is 16.2. The Morgan fingerprint density at radius 2 is 2.10 bits per heavy atom. The fourth-order valence-corrected chi connectivity index (χ4v) is 1.60. The van der Waals surface area contributed by atoms with E-state index >= 15 is 0 Å². The van der Waals surface area contributed by atoms with Gasteiger partial charge in [-0.1, -0.05) is 6.07 Å².